The maximum atomic E-state index is 13.2. The third-order valence-electron chi connectivity index (χ3n) is 3.99. The molecule has 0 bridgehead atoms. The van der Waals surface area contributed by atoms with Crippen molar-refractivity contribution in [1.29, 1.82) is 0 Å². The summed E-state index contributed by atoms with van der Waals surface area (Å²) in [5.74, 6) is -0.0189. The minimum Gasteiger partial charge on any atom is -0.494 e. The molecule has 0 unspecified atom stereocenters. The molecule has 3 rings (SSSR count). The molecule has 140 valence electrons. The van der Waals surface area contributed by atoms with E-state index >= 15 is 0 Å². The minimum atomic E-state index is -4.61. The third kappa shape index (κ3) is 4.10. The summed E-state index contributed by atoms with van der Waals surface area (Å²) in [4.78, 5) is 9.26. The Morgan fingerprint density at radius 3 is 2.65 bits per heavy atom. The molecular weight excluding hydrogens is 371 g/mol. The Morgan fingerprint density at radius 1 is 1.27 bits per heavy atom. The van der Waals surface area contributed by atoms with Gasteiger partial charge in [0, 0.05) is 44.1 Å². The molecule has 0 saturated carbocycles. The predicted octanol–water partition coefficient (Wildman–Crippen LogP) is 3.31. The highest BCUT2D eigenvalue weighted by Gasteiger charge is 2.35. The molecule has 2 aromatic rings. The van der Waals surface area contributed by atoms with Crippen molar-refractivity contribution in [3.63, 3.8) is 0 Å². The van der Waals surface area contributed by atoms with Gasteiger partial charge in [0.1, 0.15) is 17.1 Å². The summed E-state index contributed by atoms with van der Waals surface area (Å²) in [6.07, 6.45) is -3.96. The molecule has 1 aliphatic heterocycles. The molecule has 2 heterocycles. The maximum absolute atomic E-state index is 13.2. The third-order valence-corrected chi connectivity index (χ3v) is 4.17. The van der Waals surface area contributed by atoms with Crippen molar-refractivity contribution in [1.82, 2.24) is 15.3 Å². The van der Waals surface area contributed by atoms with Gasteiger partial charge < -0.3 is 20.3 Å². The number of piperazine rings is 1. The average Bonchev–Trinajstić information content (AvgIpc) is 2.62. The van der Waals surface area contributed by atoms with Crippen LogP contribution in [0.3, 0.4) is 0 Å². The van der Waals surface area contributed by atoms with Gasteiger partial charge in [-0.1, -0.05) is 0 Å². The number of nitrogens with one attached hydrogen (secondary N) is 2. The van der Waals surface area contributed by atoms with Gasteiger partial charge in [-0.2, -0.15) is 18.2 Å². The summed E-state index contributed by atoms with van der Waals surface area (Å²) < 4.78 is 44.8. The van der Waals surface area contributed by atoms with Gasteiger partial charge in [-0.25, -0.2) is 4.98 Å². The Kier molecular flexibility index (Phi) is 5.38. The molecule has 1 aromatic heterocycles. The highest BCUT2D eigenvalue weighted by molar-refractivity contribution is 6.28. The fourth-order valence-corrected chi connectivity index (χ4v) is 2.83. The normalized spacial score (nSPS) is 15.0. The molecule has 1 aliphatic rings. The summed E-state index contributed by atoms with van der Waals surface area (Å²) >= 11 is 5.66. The van der Waals surface area contributed by atoms with Gasteiger partial charge in [0.2, 0.25) is 5.28 Å². The van der Waals surface area contributed by atoms with E-state index in [2.05, 4.69) is 25.5 Å². The molecular formula is C16H17ClF3N5O. The van der Waals surface area contributed by atoms with Crippen LogP contribution in [-0.4, -0.2) is 43.3 Å². The molecule has 0 spiro atoms. The summed E-state index contributed by atoms with van der Waals surface area (Å²) in [5, 5.41) is 5.64. The number of methoxy groups -OCH3 is 1. The van der Waals surface area contributed by atoms with Crippen molar-refractivity contribution >= 4 is 28.8 Å². The molecule has 1 saturated heterocycles. The lowest BCUT2D eigenvalue weighted by Crippen LogP contribution is -2.43. The van der Waals surface area contributed by atoms with E-state index in [1.165, 1.54) is 7.11 Å². The Labute approximate surface area is 153 Å². The summed E-state index contributed by atoms with van der Waals surface area (Å²) in [7, 11) is 1.46. The number of rotatable bonds is 4. The van der Waals surface area contributed by atoms with E-state index in [4.69, 9.17) is 16.3 Å². The van der Waals surface area contributed by atoms with Crippen molar-refractivity contribution in [3.8, 4) is 5.75 Å². The van der Waals surface area contributed by atoms with Gasteiger partial charge in [0.25, 0.3) is 0 Å². The van der Waals surface area contributed by atoms with Crippen LogP contribution in [0, 0.1) is 0 Å². The van der Waals surface area contributed by atoms with E-state index in [0.29, 0.717) is 17.6 Å². The number of hydrogen-bond acceptors (Lipinski definition) is 6. The average molecular weight is 388 g/mol. The van der Waals surface area contributed by atoms with E-state index < -0.39 is 17.6 Å². The van der Waals surface area contributed by atoms with Crippen molar-refractivity contribution in [3.05, 3.63) is 35.2 Å². The van der Waals surface area contributed by atoms with Crippen molar-refractivity contribution < 1.29 is 17.9 Å². The second kappa shape index (κ2) is 7.55. The van der Waals surface area contributed by atoms with Crippen LogP contribution in [0.25, 0.3) is 0 Å². The number of nitrogens with zero attached hydrogens (tertiary/aromatic N) is 3. The highest BCUT2D eigenvalue weighted by Crippen LogP contribution is 2.37. The molecule has 0 aliphatic carbocycles. The molecule has 26 heavy (non-hydrogen) atoms. The lowest BCUT2D eigenvalue weighted by Gasteiger charge is -2.30. The highest BCUT2D eigenvalue weighted by atomic mass is 35.5. The Bertz CT molecular complexity index is 781. The van der Waals surface area contributed by atoms with Gasteiger partial charge in [-0.15, -0.1) is 0 Å². The van der Waals surface area contributed by atoms with Gasteiger partial charge >= 0.3 is 6.18 Å². The number of halogens is 4. The smallest absolute Gasteiger partial charge is 0.421 e. The first-order valence-electron chi connectivity index (χ1n) is 7.89. The van der Waals surface area contributed by atoms with Crippen LogP contribution >= 0.6 is 11.6 Å². The first-order chi connectivity index (χ1) is 12.4. The zero-order chi connectivity index (χ0) is 18.7. The standard InChI is InChI=1S/C16H17ClF3N5O/c1-26-13-8-10(25-6-4-21-5-7-25)2-3-12(13)23-14-11(16(18,19)20)9-22-15(17)24-14/h2-3,8-9,21H,4-7H2,1H3,(H,22,23,24). The summed E-state index contributed by atoms with van der Waals surface area (Å²) in [6, 6.07) is 5.27. The molecule has 1 fully saturated rings. The number of anilines is 3. The number of ether oxygens (including phenoxy) is 1. The number of hydrogen-bond donors (Lipinski definition) is 2. The van der Waals surface area contributed by atoms with Crippen LogP contribution in [0.5, 0.6) is 5.75 Å². The Balaban J connectivity index is 1.92. The largest absolute Gasteiger partial charge is 0.494 e. The fourth-order valence-electron chi connectivity index (χ4n) is 2.69. The quantitative estimate of drug-likeness (QED) is 0.785. The number of alkyl halides is 3. The minimum absolute atomic E-state index is 0.281. The summed E-state index contributed by atoms with van der Waals surface area (Å²) in [5.41, 5.74) is 0.285. The lowest BCUT2D eigenvalue weighted by molar-refractivity contribution is -0.137. The predicted molar refractivity (Wildman–Crippen MR) is 93.4 cm³/mol. The van der Waals surface area contributed by atoms with Gasteiger partial charge in [0.05, 0.1) is 12.8 Å². The van der Waals surface area contributed by atoms with E-state index in [0.717, 1.165) is 31.9 Å². The molecule has 0 radical (unpaired) electrons. The zero-order valence-electron chi connectivity index (χ0n) is 13.9. The van der Waals surface area contributed by atoms with E-state index in [1.54, 1.807) is 12.1 Å². The van der Waals surface area contributed by atoms with Gasteiger partial charge in [-0.3, -0.25) is 0 Å². The van der Waals surface area contributed by atoms with Crippen molar-refractivity contribution in [2.24, 2.45) is 0 Å². The molecule has 2 N–H and O–H groups in total. The van der Waals surface area contributed by atoms with E-state index in [9.17, 15) is 13.2 Å². The first-order valence-corrected chi connectivity index (χ1v) is 8.27. The van der Waals surface area contributed by atoms with Crippen LogP contribution in [0.1, 0.15) is 5.56 Å². The van der Waals surface area contributed by atoms with Crippen LogP contribution < -0.4 is 20.3 Å². The van der Waals surface area contributed by atoms with Crippen LogP contribution in [0.4, 0.5) is 30.4 Å². The molecule has 10 heteroatoms. The lowest BCUT2D eigenvalue weighted by atomic mass is 10.2. The SMILES string of the molecule is COc1cc(N2CCNCC2)ccc1Nc1nc(Cl)ncc1C(F)(F)F. The molecule has 0 amide bonds. The molecule has 0 atom stereocenters. The fraction of sp³-hybridized carbons (Fsp3) is 0.375. The van der Waals surface area contributed by atoms with E-state index in [-0.39, 0.29) is 5.28 Å². The second-order valence-electron chi connectivity index (χ2n) is 5.65. The summed E-state index contributed by atoms with van der Waals surface area (Å²) in [6.45, 7) is 3.43. The topological polar surface area (TPSA) is 62.3 Å². The molecule has 1 aromatic carbocycles. The Morgan fingerprint density at radius 2 is 2.00 bits per heavy atom. The monoisotopic (exact) mass is 387 g/mol. The number of benzene rings is 1. The van der Waals surface area contributed by atoms with Crippen molar-refractivity contribution in [2.45, 2.75) is 6.18 Å². The van der Waals surface area contributed by atoms with Crippen LogP contribution in [0.2, 0.25) is 5.28 Å². The second-order valence-corrected chi connectivity index (χ2v) is 5.98. The van der Waals surface area contributed by atoms with Gasteiger partial charge in [-0.05, 0) is 23.7 Å². The van der Waals surface area contributed by atoms with Crippen molar-refractivity contribution in [2.75, 3.05) is 43.5 Å². The molecule has 6 nitrogen and oxygen atoms in total. The van der Waals surface area contributed by atoms with Crippen LogP contribution in [-0.2, 0) is 6.18 Å². The number of aromatic nitrogens is 2. The van der Waals surface area contributed by atoms with Crippen LogP contribution in [0.15, 0.2) is 24.4 Å². The van der Waals surface area contributed by atoms with Gasteiger partial charge in [0.15, 0.2) is 0 Å². The Hall–Kier alpha value is -2.26. The zero-order valence-corrected chi connectivity index (χ0v) is 14.7. The maximum Gasteiger partial charge on any atom is 0.421 e. The first kappa shape index (κ1) is 18.5. The van der Waals surface area contributed by atoms with E-state index in [1.807, 2.05) is 6.07 Å².